The van der Waals surface area contributed by atoms with E-state index < -0.39 is 0 Å². The summed E-state index contributed by atoms with van der Waals surface area (Å²) in [4.78, 5) is 7.80. The van der Waals surface area contributed by atoms with Gasteiger partial charge in [0.2, 0.25) is 10.1 Å². The zero-order chi connectivity index (χ0) is 16.7. The molecule has 4 rings (SSSR count). The van der Waals surface area contributed by atoms with Crippen LogP contribution in [0.15, 0.2) is 24.4 Å². The van der Waals surface area contributed by atoms with Gasteiger partial charge in [-0.25, -0.2) is 9.50 Å². The largest absolute Gasteiger partial charge is 0.497 e. The first-order chi connectivity index (χ1) is 11.7. The van der Waals surface area contributed by atoms with Crippen molar-refractivity contribution in [3.8, 4) is 11.5 Å². The average molecular weight is 344 g/mol. The van der Waals surface area contributed by atoms with Crippen molar-refractivity contribution < 1.29 is 9.47 Å². The van der Waals surface area contributed by atoms with Crippen molar-refractivity contribution in [2.24, 2.45) is 0 Å². The van der Waals surface area contributed by atoms with Crippen LogP contribution in [0.5, 0.6) is 11.5 Å². The van der Waals surface area contributed by atoms with Crippen LogP contribution in [0.2, 0.25) is 0 Å². The van der Waals surface area contributed by atoms with Gasteiger partial charge in [0, 0.05) is 12.1 Å². The molecule has 1 saturated heterocycles. The van der Waals surface area contributed by atoms with E-state index in [2.05, 4.69) is 16.0 Å². The number of anilines is 1. The lowest BCUT2D eigenvalue weighted by Crippen LogP contribution is -2.23. The molecular weight excluding hydrogens is 324 g/mol. The standard InChI is InChI=1S/C17H20N4O2S/c1-11-10-21-16(18-11)24-17(19-21)20-8-4-5-14(20)13-9-12(22-2)6-7-15(13)23-3/h6-7,9-10,14H,4-5,8H2,1-3H3/t14-/m1/s1. The van der Waals surface area contributed by atoms with Gasteiger partial charge in [-0.05, 0) is 38.0 Å². The minimum atomic E-state index is 0.243. The molecule has 0 amide bonds. The van der Waals surface area contributed by atoms with Gasteiger partial charge in [-0.3, -0.25) is 0 Å². The molecule has 0 radical (unpaired) electrons. The van der Waals surface area contributed by atoms with E-state index in [1.165, 1.54) is 0 Å². The Bertz CT molecular complexity index is 841. The van der Waals surface area contributed by atoms with Crippen LogP contribution in [-0.2, 0) is 0 Å². The molecule has 0 saturated carbocycles. The van der Waals surface area contributed by atoms with Crippen LogP contribution in [0.4, 0.5) is 5.13 Å². The molecule has 6 nitrogen and oxygen atoms in total. The van der Waals surface area contributed by atoms with Crippen LogP contribution in [0.3, 0.4) is 0 Å². The van der Waals surface area contributed by atoms with Gasteiger partial charge < -0.3 is 14.4 Å². The predicted molar refractivity (Wildman–Crippen MR) is 94.5 cm³/mol. The summed E-state index contributed by atoms with van der Waals surface area (Å²) in [5.74, 6) is 1.74. The summed E-state index contributed by atoms with van der Waals surface area (Å²) in [7, 11) is 3.40. The quantitative estimate of drug-likeness (QED) is 0.725. The molecule has 0 bridgehead atoms. The van der Waals surface area contributed by atoms with Crippen molar-refractivity contribution >= 4 is 21.4 Å². The third-order valence-corrected chi connectivity index (χ3v) is 5.41. The second-order valence-corrected chi connectivity index (χ2v) is 6.89. The van der Waals surface area contributed by atoms with Gasteiger partial charge in [0.05, 0.1) is 32.2 Å². The number of imidazole rings is 1. The predicted octanol–water partition coefficient (Wildman–Crippen LogP) is 3.46. The van der Waals surface area contributed by atoms with Gasteiger partial charge >= 0.3 is 0 Å². The zero-order valence-corrected chi connectivity index (χ0v) is 14.8. The number of hydrogen-bond acceptors (Lipinski definition) is 6. The van der Waals surface area contributed by atoms with E-state index in [0.717, 1.165) is 52.2 Å². The number of hydrogen-bond donors (Lipinski definition) is 0. The van der Waals surface area contributed by atoms with E-state index in [-0.39, 0.29) is 6.04 Å². The number of rotatable bonds is 4. The second kappa shape index (κ2) is 5.98. The summed E-state index contributed by atoms with van der Waals surface area (Å²) in [6.45, 7) is 2.97. The first kappa shape index (κ1) is 15.3. The number of fused-ring (bicyclic) bond motifs is 1. The summed E-state index contributed by atoms with van der Waals surface area (Å²) < 4.78 is 12.9. The monoisotopic (exact) mass is 344 g/mol. The second-order valence-electron chi connectivity index (χ2n) is 5.95. The molecule has 2 aromatic heterocycles. The van der Waals surface area contributed by atoms with Crippen LogP contribution in [0.1, 0.15) is 30.1 Å². The molecule has 126 valence electrons. The van der Waals surface area contributed by atoms with Crippen LogP contribution in [-0.4, -0.2) is 35.4 Å². The van der Waals surface area contributed by atoms with E-state index in [0.29, 0.717) is 0 Å². The van der Waals surface area contributed by atoms with Crippen molar-refractivity contribution in [3.63, 3.8) is 0 Å². The van der Waals surface area contributed by atoms with Crippen molar-refractivity contribution in [3.05, 3.63) is 35.7 Å². The zero-order valence-electron chi connectivity index (χ0n) is 14.0. The Labute approximate surface area is 144 Å². The molecule has 7 heteroatoms. The van der Waals surface area contributed by atoms with Crippen LogP contribution >= 0.6 is 11.3 Å². The number of aromatic nitrogens is 3. The topological polar surface area (TPSA) is 51.9 Å². The Hall–Kier alpha value is -2.28. The molecular formula is C17H20N4O2S. The SMILES string of the molecule is COc1ccc(OC)c([C@H]2CCCN2c2nn3cc(C)nc3s2)c1. The fraction of sp³-hybridized carbons (Fsp3) is 0.412. The fourth-order valence-corrected chi connectivity index (χ4v) is 4.34. The molecule has 0 unspecified atom stereocenters. The van der Waals surface area contributed by atoms with Gasteiger partial charge in [-0.2, -0.15) is 0 Å². The summed E-state index contributed by atoms with van der Waals surface area (Å²) in [5, 5.41) is 5.72. The van der Waals surface area contributed by atoms with Crippen LogP contribution in [0.25, 0.3) is 4.96 Å². The Kier molecular flexibility index (Phi) is 3.80. The Balaban J connectivity index is 1.73. The van der Waals surface area contributed by atoms with E-state index in [4.69, 9.17) is 14.6 Å². The summed E-state index contributed by atoms with van der Waals surface area (Å²) in [5.41, 5.74) is 2.14. The van der Waals surface area contributed by atoms with E-state index in [1.807, 2.05) is 29.8 Å². The highest BCUT2D eigenvalue weighted by Gasteiger charge is 2.31. The highest BCUT2D eigenvalue weighted by atomic mass is 32.1. The molecule has 0 spiro atoms. The maximum absolute atomic E-state index is 5.58. The molecule has 0 aliphatic carbocycles. The van der Waals surface area contributed by atoms with E-state index in [9.17, 15) is 0 Å². The van der Waals surface area contributed by atoms with Crippen LogP contribution in [0, 0.1) is 6.92 Å². The highest BCUT2D eigenvalue weighted by Crippen LogP contribution is 2.42. The molecule has 3 aromatic rings. The molecule has 3 heterocycles. The van der Waals surface area contributed by atoms with Crippen molar-refractivity contribution in [2.75, 3.05) is 25.7 Å². The third kappa shape index (κ3) is 2.49. The molecule has 1 aliphatic heterocycles. The lowest BCUT2D eigenvalue weighted by Gasteiger charge is -2.25. The van der Waals surface area contributed by atoms with E-state index >= 15 is 0 Å². The lowest BCUT2D eigenvalue weighted by atomic mass is 10.0. The van der Waals surface area contributed by atoms with Gasteiger partial charge in [0.1, 0.15) is 11.5 Å². The van der Waals surface area contributed by atoms with Gasteiger partial charge in [-0.15, -0.1) is 5.10 Å². The van der Waals surface area contributed by atoms with Crippen molar-refractivity contribution in [1.82, 2.24) is 14.6 Å². The smallest absolute Gasteiger partial charge is 0.214 e. The molecule has 1 fully saturated rings. The minimum Gasteiger partial charge on any atom is -0.497 e. The fourth-order valence-electron chi connectivity index (χ4n) is 3.33. The lowest BCUT2D eigenvalue weighted by molar-refractivity contribution is 0.395. The molecule has 24 heavy (non-hydrogen) atoms. The first-order valence-electron chi connectivity index (χ1n) is 8.01. The highest BCUT2D eigenvalue weighted by molar-refractivity contribution is 7.20. The Morgan fingerprint density at radius 2 is 2.12 bits per heavy atom. The normalized spacial score (nSPS) is 17.6. The minimum absolute atomic E-state index is 0.243. The number of benzene rings is 1. The van der Waals surface area contributed by atoms with Gasteiger partial charge in [0.25, 0.3) is 0 Å². The average Bonchev–Trinajstić information content (AvgIpc) is 3.27. The molecule has 1 aromatic carbocycles. The maximum atomic E-state index is 5.58. The van der Waals surface area contributed by atoms with Crippen molar-refractivity contribution in [1.29, 1.82) is 0 Å². The molecule has 1 atom stereocenters. The first-order valence-corrected chi connectivity index (χ1v) is 8.82. The number of aryl methyl sites for hydroxylation is 1. The summed E-state index contributed by atoms with van der Waals surface area (Å²) in [6.07, 6.45) is 4.17. The van der Waals surface area contributed by atoms with Crippen molar-refractivity contribution in [2.45, 2.75) is 25.8 Å². The third-order valence-electron chi connectivity index (χ3n) is 4.45. The van der Waals surface area contributed by atoms with Gasteiger partial charge in [-0.1, -0.05) is 11.3 Å². The van der Waals surface area contributed by atoms with Gasteiger partial charge in [0.15, 0.2) is 0 Å². The van der Waals surface area contributed by atoms with E-state index in [1.54, 1.807) is 25.6 Å². The summed E-state index contributed by atoms with van der Waals surface area (Å²) in [6, 6.07) is 6.22. The number of ether oxygens (including phenoxy) is 2. The molecule has 0 N–H and O–H groups in total. The summed E-state index contributed by atoms with van der Waals surface area (Å²) >= 11 is 1.63. The Morgan fingerprint density at radius 1 is 1.25 bits per heavy atom. The number of methoxy groups -OCH3 is 2. The maximum Gasteiger partial charge on any atom is 0.214 e. The number of nitrogens with zero attached hydrogens (tertiary/aromatic N) is 4. The Morgan fingerprint density at radius 3 is 2.88 bits per heavy atom. The van der Waals surface area contributed by atoms with Crippen LogP contribution < -0.4 is 14.4 Å². The molecule has 1 aliphatic rings.